The predicted molar refractivity (Wildman–Crippen MR) is 147 cm³/mol. The summed E-state index contributed by atoms with van der Waals surface area (Å²) < 4.78 is 18.9. The molecule has 4 heteroatoms. The standard InChI is InChI=1S/C31H40O3Si/c1-25(23-33-30-20-11-12-21-32-30)27-15-13-14-26(22-27)24-34-35(31(2,3)4,28-16-7-5-8-17-28)29-18-9-6-10-19-29/h5-10,13-19,22,25,30H,11-12,20-21,23-24H2,1-4H3/t25-,30?/m1/s1. The maximum absolute atomic E-state index is 7.13. The molecule has 0 N–H and O–H groups in total. The lowest BCUT2D eigenvalue weighted by Crippen LogP contribution is -2.66. The highest BCUT2D eigenvalue weighted by molar-refractivity contribution is 6.99. The molecule has 0 spiro atoms. The lowest BCUT2D eigenvalue weighted by molar-refractivity contribution is -0.164. The fourth-order valence-electron chi connectivity index (χ4n) is 5.13. The molecule has 2 atom stereocenters. The molecule has 1 fully saturated rings. The van der Waals surface area contributed by atoms with E-state index in [4.69, 9.17) is 13.9 Å². The van der Waals surface area contributed by atoms with Gasteiger partial charge in [-0.15, -0.1) is 0 Å². The van der Waals surface area contributed by atoms with Crippen LogP contribution in [0.1, 0.15) is 64.0 Å². The number of ether oxygens (including phenoxy) is 2. The highest BCUT2D eigenvalue weighted by Gasteiger charge is 2.50. The second-order valence-electron chi connectivity index (χ2n) is 10.7. The molecule has 1 aliphatic rings. The first-order valence-corrected chi connectivity index (χ1v) is 14.9. The molecule has 0 bridgehead atoms. The number of benzene rings is 3. The van der Waals surface area contributed by atoms with Gasteiger partial charge < -0.3 is 13.9 Å². The van der Waals surface area contributed by atoms with E-state index in [0.29, 0.717) is 19.1 Å². The molecule has 0 radical (unpaired) electrons. The Morgan fingerprint density at radius 2 is 1.54 bits per heavy atom. The highest BCUT2D eigenvalue weighted by atomic mass is 28.4. The van der Waals surface area contributed by atoms with Gasteiger partial charge in [0.15, 0.2) is 6.29 Å². The summed E-state index contributed by atoms with van der Waals surface area (Å²) in [7, 11) is -2.56. The fourth-order valence-corrected chi connectivity index (χ4v) is 9.67. The Balaban J connectivity index is 1.55. The first kappa shape index (κ1) is 25.8. The highest BCUT2D eigenvalue weighted by Crippen LogP contribution is 2.37. The number of hydrogen-bond acceptors (Lipinski definition) is 3. The molecule has 0 amide bonds. The van der Waals surface area contributed by atoms with Crippen LogP contribution in [0.2, 0.25) is 5.04 Å². The zero-order chi connectivity index (χ0) is 24.7. The molecule has 4 rings (SSSR count). The topological polar surface area (TPSA) is 27.7 Å². The quantitative estimate of drug-likeness (QED) is 0.326. The monoisotopic (exact) mass is 488 g/mol. The molecule has 1 unspecified atom stereocenters. The zero-order valence-electron chi connectivity index (χ0n) is 21.7. The van der Waals surface area contributed by atoms with Crippen molar-refractivity contribution in [1.29, 1.82) is 0 Å². The van der Waals surface area contributed by atoms with Crippen LogP contribution < -0.4 is 10.4 Å². The molecular formula is C31H40O3Si. The zero-order valence-corrected chi connectivity index (χ0v) is 22.7. The van der Waals surface area contributed by atoms with Crippen molar-refractivity contribution in [2.24, 2.45) is 0 Å². The van der Waals surface area contributed by atoms with Crippen LogP contribution in [0.3, 0.4) is 0 Å². The second-order valence-corrected chi connectivity index (χ2v) is 15.0. The molecule has 3 aromatic carbocycles. The molecule has 3 nitrogen and oxygen atoms in total. The van der Waals surface area contributed by atoms with Gasteiger partial charge in [-0.05, 0) is 45.8 Å². The average Bonchev–Trinajstić information content (AvgIpc) is 2.89. The van der Waals surface area contributed by atoms with E-state index < -0.39 is 8.32 Å². The Morgan fingerprint density at radius 3 is 2.11 bits per heavy atom. The molecule has 0 aliphatic carbocycles. The minimum Gasteiger partial charge on any atom is -0.403 e. The van der Waals surface area contributed by atoms with Crippen LogP contribution in [0.15, 0.2) is 84.9 Å². The summed E-state index contributed by atoms with van der Waals surface area (Å²) in [4.78, 5) is 0. The van der Waals surface area contributed by atoms with Gasteiger partial charge in [0.05, 0.1) is 13.2 Å². The van der Waals surface area contributed by atoms with Gasteiger partial charge in [0.2, 0.25) is 0 Å². The summed E-state index contributed by atoms with van der Waals surface area (Å²) in [5.74, 6) is 0.299. The van der Waals surface area contributed by atoms with E-state index in [0.717, 1.165) is 19.4 Å². The smallest absolute Gasteiger partial charge is 0.261 e. The molecular weight excluding hydrogens is 448 g/mol. The van der Waals surface area contributed by atoms with Crippen molar-refractivity contribution in [3.05, 3.63) is 96.1 Å². The van der Waals surface area contributed by atoms with Gasteiger partial charge in [-0.1, -0.05) is 113 Å². The van der Waals surface area contributed by atoms with Crippen LogP contribution in [0.5, 0.6) is 0 Å². The van der Waals surface area contributed by atoms with Crippen LogP contribution >= 0.6 is 0 Å². The summed E-state index contributed by atoms with van der Waals surface area (Å²) in [6.45, 7) is 11.3. The van der Waals surface area contributed by atoms with E-state index in [1.54, 1.807) is 0 Å². The van der Waals surface area contributed by atoms with Crippen LogP contribution in [-0.4, -0.2) is 27.8 Å². The van der Waals surface area contributed by atoms with Gasteiger partial charge in [-0.2, -0.15) is 0 Å². The summed E-state index contributed by atoms with van der Waals surface area (Å²) in [5.41, 5.74) is 2.49. The first-order chi connectivity index (χ1) is 16.9. The van der Waals surface area contributed by atoms with E-state index in [9.17, 15) is 0 Å². The van der Waals surface area contributed by atoms with Crippen molar-refractivity contribution in [1.82, 2.24) is 0 Å². The van der Waals surface area contributed by atoms with Crippen LogP contribution in [0.4, 0.5) is 0 Å². The largest absolute Gasteiger partial charge is 0.403 e. The van der Waals surface area contributed by atoms with E-state index in [-0.39, 0.29) is 11.3 Å². The molecule has 186 valence electrons. The molecule has 35 heavy (non-hydrogen) atoms. The summed E-state index contributed by atoms with van der Waals surface area (Å²) in [5, 5.41) is 2.59. The van der Waals surface area contributed by atoms with E-state index in [1.807, 2.05) is 0 Å². The maximum atomic E-state index is 7.13. The fraction of sp³-hybridized carbons (Fsp3) is 0.419. The van der Waals surface area contributed by atoms with Crippen molar-refractivity contribution in [3.63, 3.8) is 0 Å². The summed E-state index contributed by atoms with van der Waals surface area (Å²) in [6, 6.07) is 30.5. The Hall–Kier alpha value is -2.24. The van der Waals surface area contributed by atoms with Crippen molar-refractivity contribution in [3.8, 4) is 0 Å². The van der Waals surface area contributed by atoms with Crippen LogP contribution in [0, 0.1) is 0 Å². The third-order valence-corrected chi connectivity index (χ3v) is 12.0. The average molecular weight is 489 g/mol. The Morgan fingerprint density at radius 1 is 0.886 bits per heavy atom. The number of hydrogen-bond donors (Lipinski definition) is 0. The van der Waals surface area contributed by atoms with Crippen molar-refractivity contribution < 1.29 is 13.9 Å². The molecule has 1 aliphatic heterocycles. The Labute approximate surface area is 212 Å². The number of rotatable bonds is 9. The first-order valence-electron chi connectivity index (χ1n) is 13.0. The SMILES string of the molecule is C[C@H](COC1CCCCO1)c1cccc(CO[Si](c2ccccc2)(c2ccccc2)C(C)(C)C)c1. The predicted octanol–water partition coefficient (Wildman–Crippen LogP) is 6.41. The van der Waals surface area contributed by atoms with E-state index in [1.165, 1.54) is 27.9 Å². The van der Waals surface area contributed by atoms with Crippen molar-refractivity contribution in [2.75, 3.05) is 13.2 Å². The Bertz CT molecular complexity index is 1000. The minimum atomic E-state index is -2.56. The molecule has 3 aromatic rings. The van der Waals surface area contributed by atoms with E-state index >= 15 is 0 Å². The summed E-state index contributed by atoms with van der Waals surface area (Å²) in [6.07, 6.45) is 3.28. The maximum Gasteiger partial charge on any atom is 0.261 e. The van der Waals surface area contributed by atoms with Crippen molar-refractivity contribution >= 4 is 18.7 Å². The second kappa shape index (κ2) is 11.7. The molecule has 1 heterocycles. The van der Waals surface area contributed by atoms with Gasteiger partial charge >= 0.3 is 0 Å². The third kappa shape index (κ3) is 6.12. The Kier molecular flexibility index (Phi) is 8.61. The van der Waals surface area contributed by atoms with Gasteiger partial charge in [0.25, 0.3) is 8.32 Å². The van der Waals surface area contributed by atoms with Gasteiger partial charge in [0, 0.05) is 12.5 Å². The van der Waals surface area contributed by atoms with Crippen LogP contribution in [0.25, 0.3) is 0 Å². The summed E-state index contributed by atoms with van der Waals surface area (Å²) >= 11 is 0. The third-order valence-electron chi connectivity index (χ3n) is 7.06. The lowest BCUT2D eigenvalue weighted by atomic mass is 10.00. The molecule has 1 saturated heterocycles. The van der Waals surface area contributed by atoms with Gasteiger partial charge in [-0.25, -0.2) is 0 Å². The normalized spacial score (nSPS) is 17.8. The minimum absolute atomic E-state index is 0.0333. The molecule has 0 saturated carbocycles. The van der Waals surface area contributed by atoms with Gasteiger partial charge in [0.1, 0.15) is 0 Å². The van der Waals surface area contributed by atoms with Crippen LogP contribution in [-0.2, 0) is 20.5 Å². The van der Waals surface area contributed by atoms with Gasteiger partial charge in [-0.3, -0.25) is 0 Å². The van der Waals surface area contributed by atoms with E-state index in [2.05, 4.69) is 113 Å². The lowest BCUT2D eigenvalue weighted by Gasteiger charge is -2.43. The molecule has 0 aromatic heterocycles. The van der Waals surface area contributed by atoms with Crippen molar-refractivity contribution in [2.45, 2.75) is 70.8 Å².